The second-order valence-corrected chi connectivity index (χ2v) is 8.79. The van der Waals surface area contributed by atoms with Crippen LogP contribution >= 0.6 is 0 Å². The van der Waals surface area contributed by atoms with E-state index in [1.165, 1.54) is 11.1 Å². The molecule has 3 heterocycles. The van der Waals surface area contributed by atoms with Crippen LogP contribution in [0.15, 0.2) is 47.7 Å². The van der Waals surface area contributed by atoms with Crippen LogP contribution in [0, 0.1) is 5.92 Å². The molecule has 0 spiro atoms. The summed E-state index contributed by atoms with van der Waals surface area (Å²) in [4.78, 5) is 21.4. The van der Waals surface area contributed by atoms with Crippen molar-refractivity contribution in [2.24, 2.45) is 18.0 Å². The Bertz CT molecular complexity index is 884. The Labute approximate surface area is 185 Å². The Morgan fingerprint density at radius 2 is 1.87 bits per heavy atom. The number of likely N-dealkylation sites (tertiary alicyclic amines) is 2. The minimum absolute atomic E-state index is 0.169. The number of aliphatic imine (C=N–C) groups is 1. The average molecular weight is 423 g/mol. The molecule has 166 valence electrons. The molecule has 1 atom stereocenters. The number of hydrogen-bond donors (Lipinski definition) is 1. The van der Waals surface area contributed by atoms with Crippen LogP contribution in [-0.2, 0) is 18.3 Å². The molecule has 1 amide bonds. The largest absolute Gasteiger partial charge is 0.347 e. The lowest BCUT2D eigenvalue weighted by molar-refractivity contribution is -0.131. The van der Waals surface area contributed by atoms with E-state index in [4.69, 9.17) is 0 Å². The van der Waals surface area contributed by atoms with Gasteiger partial charge >= 0.3 is 0 Å². The number of carbonyl (C=O) groups excluding carboxylic acids is 1. The number of aryl methyl sites for hydroxylation is 1. The lowest BCUT2D eigenvalue weighted by atomic mass is 9.90. The molecule has 2 fully saturated rings. The Balaban J connectivity index is 1.21. The van der Waals surface area contributed by atoms with Crippen LogP contribution in [0.5, 0.6) is 0 Å². The van der Waals surface area contributed by atoms with Gasteiger partial charge in [-0.1, -0.05) is 30.3 Å². The van der Waals surface area contributed by atoms with E-state index in [1.807, 2.05) is 22.8 Å². The standard InChI is InChI=1S/C24H34N6O/c1-25-24(30-13-10-21(18-30)22-15-27-28(2)17-22)26-16-23(31)29-11-8-20(9-12-29)14-19-6-4-3-5-7-19/h3-7,15,17,20-21H,8-14,16,18H2,1-2H3,(H,25,26). The number of benzene rings is 1. The second-order valence-electron chi connectivity index (χ2n) is 8.79. The van der Waals surface area contributed by atoms with Crippen LogP contribution < -0.4 is 5.32 Å². The monoisotopic (exact) mass is 422 g/mol. The van der Waals surface area contributed by atoms with E-state index in [0.717, 1.165) is 57.8 Å². The molecule has 1 unspecified atom stereocenters. The van der Waals surface area contributed by atoms with Gasteiger partial charge < -0.3 is 15.1 Å². The van der Waals surface area contributed by atoms with Crippen LogP contribution in [0.2, 0.25) is 0 Å². The fraction of sp³-hybridized carbons (Fsp3) is 0.542. The van der Waals surface area contributed by atoms with Gasteiger partial charge in [-0.05, 0) is 42.7 Å². The smallest absolute Gasteiger partial charge is 0.241 e. The summed E-state index contributed by atoms with van der Waals surface area (Å²) < 4.78 is 1.85. The minimum atomic E-state index is 0.169. The Kier molecular flexibility index (Phi) is 6.89. The van der Waals surface area contributed by atoms with Gasteiger partial charge in [0.25, 0.3) is 0 Å². The molecule has 1 aromatic heterocycles. The van der Waals surface area contributed by atoms with E-state index in [1.54, 1.807) is 7.05 Å². The highest BCUT2D eigenvalue weighted by atomic mass is 16.2. The summed E-state index contributed by atoms with van der Waals surface area (Å²) in [5.74, 6) is 2.12. The van der Waals surface area contributed by atoms with Gasteiger partial charge in [-0.25, -0.2) is 0 Å². The molecular formula is C24H34N6O. The van der Waals surface area contributed by atoms with Gasteiger partial charge in [0.05, 0.1) is 12.7 Å². The third-order valence-corrected chi connectivity index (χ3v) is 6.63. The second kappa shape index (κ2) is 9.98. The minimum Gasteiger partial charge on any atom is -0.347 e. The summed E-state index contributed by atoms with van der Waals surface area (Å²) in [6.45, 7) is 3.86. The zero-order valence-electron chi connectivity index (χ0n) is 18.7. The van der Waals surface area contributed by atoms with Gasteiger partial charge in [-0.2, -0.15) is 5.10 Å². The predicted molar refractivity (Wildman–Crippen MR) is 123 cm³/mol. The predicted octanol–water partition coefficient (Wildman–Crippen LogP) is 2.27. The van der Waals surface area contributed by atoms with Crippen molar-refractivity contribution in [3.05, 3.63) is 53.9 Å². The quantitative estimate of drug-likeness (QED) is 0.593. The first-order valence-corrected chi connectivity index (χ1v) is 11.4. The van der Waals surface area contributed by atoms with E-state index in [9.17, 15) is 4.79 Å². The van der Waals surface area contributed by atoms with Gasteiger partial charge in [0.2, 0.25) is 5.91 Å². The van der Waals surface area contributed by atoms with Crippen molar-refractivity contribution in [2.45, 2.75) is 31.6 Å². The number of amides is 1. The molecule has 0 radical (unpaired) electrons. The molecule has 1 aromatic carbocycles. The third-order valence-electron chi connectivity index (χ3n) is 6.63. The highest BCUT2D eigenvalue weighted by Crippen LogP contribution is 2.26. The molecule has 0 bridgehead atoms. The maximum atomic E-state index is 12.8. The van der Waals surface area contributed by atoms with Crippen molar-refractivity contribution in [3.63, 3.8) is 0 Å². The molecular weight excluding hydrogens is 388 g/mol. The van der Waals surface area contributed by atoms with Crippen molar-refractivity contribution >= 4 is 11.9 Å². The number of guanidine groups is 1. The van der Waals surface area contributed by atoms with Crippen LogP contribution in [0.1, 0.15) is 36.3 Å². The zero-order valence-corrected chi connectivity index (χ0v) is 18.7. The number of rotatable bonds is 5. The molecule has 2 aliphatic rings. The van der Waals surface area contributed by atoms with Crippen molar-refractivity contribution < 1.29 is 4.79 Å². The zero-order chi connectivity index (χ0) is 21.6. The van der Waals surface area contributed by atoms with Gasteiger partial charge in [0.1, 0.15) is 0 Å². The van der Waals surface area contributed by atoms with E-state index < -0.39 is 0 Å². The molecule has 2 saturated heterocycles. The Morgan fingerprint density at radius 3 is 2.55 bits per heavy atom. The molecule has 4 rings (SSSR count). The molecule has 2 aromatic rings. The van der Waals surface area contributed by atoms with Crippen molar-refractivity contribution in [3.8, 4) is 0 Å². The number of piperidine rings is 1. The Hall–Kier alpha value is -2.83. The number of carbonyl (C=O) groups is 1. The highest BCUT2D eigenvalue weighted by molar-refractivity contribution is 5.86. The topological polar surface area (TPSA) is 65.8 Å². The summed E-state index contributed by atoms with van der Waals surface area (Å²) in [5.41, 5.74) is 2.67. The van der Waals surface area contributed by atoms with Crippen LogP contribution in [0.3, 0.4) is 0 Å². The molecule has 0 saturated carbocycles. The van der Waals surface area contributed by atoms with Crippen molar-refractivity contribution in [1.82, 2.24) is 24.9 Å². The Morgan fingerprint density at radius 1 is 1.13 bits per heavy atom. The summed E-state index contributed by atoms with van der Waals surface area (Å²) >= 11 is 0. The fourth-order valence-corrected chi connectivity index (χ4v) is 4.81. The average Bonchev–Trinajstić information content (AvgIpc) is 3.45. The SMILES string of the molecule is CN=C(NCC(=O)N1CCC(Cc2ccccc2)CC1)N1CCC(c2cnn(C)c2)C1. The van der Waals surface area contributed by atoms with Crippen molar-refractivity contribution in [1.29, 1.82) is 0 Å². The number of nitrogens with one attached hydrogen (secondary N) is 1. The molecule has 31 heavy (non-hydrogen) atoms. The van der Waals surface area contributed by atoms with Crippen LogP contribution in [0.4, 0.5) is 0 Å². The van der Waals surface area contributed by atoms with Crippen LogP contribution in [-0.4, -0.2) is 71.2 Å². The van der Waals surface area contributed by atoms with Gasteiger partial charge in [0.15, 0.2) is 5.96 Å². The molecule has 7 heteroatoms. The van der Waals surface area contributed by atoms with Crippen LogP contribution in [0.25, 0.3) is 0 Å². The number of aromatic nitrogens is 2. The lowest BCUT2D eigenvalue weighted by Gasteiger charge is -2.32. The number of hydrogen-bond acceptors (Lipinski definition) is 3. The summed E-state index contributed by atoms with van der Waals surface area (Å²) in [7, 11) is 3.74. The van der Waals surface area contributed by atoms with Gasteiger partial charge in [0, 0.05) is 52.4 Å². The van der Waals surface area contributed by atoms with E-state index in [2.05, 4.69) is 56.8 Å². The van der Waals surface area contributed by atoms with Gasteiger partial charge in [-0.15, -0.1) is 0 Å². The summed E-state index contributed by atoms with van der Waals surface area (Å²) in [6, 6.07) is 10.7. The maximum Gasteiger partial charge on any atom is 0.241 e. The fourth-order valence-electron chi connectivity index (χ4n) is 4.81. The molecule has 0 aliphatic carbocycles. The third kappa shape index (κ3) is 5.46. The first-order valence-electron chi connectivity index (χ1n) is 11.4. The first kappa shape index (κ1) is 21.4. The van der Waals surface area contributed by atoms with Gasteiger partial charge in [-0.3, -0.25) is 14.5 Å². The maximum absolute atomic E-state index is 12.8. The normalized spacial score (nSPS) is 20.3. The van der Waals surface area contributed by atoms with E-state index >= 15 is 0 Å². The van der Waals surface area contributed by atoms with Crippen molar-refractivity contribution in [2.75, 3.05) is 39.8 Å². The molecule has 7 nitrogen and oxygen atoms in total. The van der Waals surface area contributed by atoms with E-state index in [-0.39, 0.29) is 5.91 Å². The number of nitrogens with zero attached hydrogens (tertiary/aromatic N) is 5. The van der Waals surface area contributed by atoms with E-state index in [0.29, 0.717) is 18.4 Å². The lowest BCUT2D eigenvalue weighted by Crippen LogP contribution is -2.47. The summed E-state index contributed by atoms with van der Waals surface area (Å²) in [5, 5.41) is 7.59. The first-order chi connectivity index (χ1) is 15.1. The molecule has 2 aliphatic heterocycles. The summed E-state index contributed by atoms with van der Waals surface area (Å²) in [6.07, 6.45) is 8.39. The molecule has 1 N–H and O–H groups in total. The highest BCUT2D eigenvalue weighted by Gasteiger charge is 2.28.